The molecule has 4 aromatic heterocycles. The van der Waals surface area contributed by atoms with Gasteiger partial charge < -0.3 is 20.5 Å². The number of halogens is 1. The highest BCUT2D eigenvalue weighted by Crippen LogP contribution is 2.28. The molecule has 0 aromatic carbocycles. The Hall–Kier alpha value is -4.34. The van der Waals surface area contributed by atoms with E-state index in [0.717, 1.165) is 5.52 Å². The Kier molecular flexibility index (Phi) is 6.32. The lowest BCUT2D eigenvalue weighted by Crippen LogP contribution is -2.42. The van der Waals surface area contributed by atoms with Gasteiger partial charge in [0.15, 0.2) is 0 Å². The van der Waals surface area contributed by atoms with Gasteiger partial charge in [-0.05, 0) is 38.1 Å². The Balaban J connectivity index is 1.48. The first-order valence-electron chi connectivity index (χ1n) is 11.6. The summed E-state index contributed by atoms with van der Waals surface area (Å²) >= 11 is 0. The van der Waals surface area contributed by atoms with E-state index < -0.39 is 17.7 Å². The van der Waals surface area contributed by atoms with Crippen LogP contribution < -0.4 is 10.6 Å². The van der Waals surface area contributed by atoms with Crippen LogP contribution in [-0.4, -0.2) is 66.9 Å². The molecule has 0 radical (unpaired) electrons. The number of anilines is 2. The van der Waals surface area contributed by atoms with Crippen LogP contribution in [0, 0.1) is 11.3 Å². The number of hydrogen-bond acceptors (Lipinski definition) is 8. The fraction of sp³-hybridized carbons (Fsp3) is 0.320. The van der Waals surface area contributed by atoms with Crippen molar-refractivity contribution in [1.82, 2.24) is 29.7 Å². The van der Waals surface area contributed by atoms with Gasteiger partial charge in [-0.2, -0.15) is 15.5 Å². The normalized spacial score (nSPS) is 14.7. The Morgan fingerprint density at radius 2 is 2.11 bits per heavy atom. The molecule has 12 heteroatoms. The van der Waals surface area contributed by atoms with Gasteiger partial charge in [0.25, 0.3) is 5.91 Å². The Bertz CT molecular complexity index is 1500. The van der Waals surface area contributed by atoms with Gasteiger partial charge in [0.1, 0.15) is 12.2 Å². The summed E-state index contributed by atoms with van der Waals surface area (Å²) in [5, 5.41) is 33.5. The zero-order valence-corrected chi connectivity index (χ0v) is 20.2. The summed E-state index contributed by atoms with van der Waals surface area (Å²) in [5.41, 5.74) is 2.00. The standard InChI is InChI=1S/C25H25FN8O3/c1-25(2,36)23(26)11-29-24(35)19-10-28-21(22-4-3-17-5-15(7-27)8-31-34(17)22)6-20(19)32-16-9-30-33(12-16)18-13-37-14-18/h3-6,8-10,12,18,23,36H,11,13-14H2,1-2H3,(H,28,32)(H,29,35). The molecule has 1 saturated heterocycles. The van der Waals surface area contributed by atoms with Crippen molar-refractivity contribution >= 4 is 22.8 Å². The van der Waals surface area contributed by atoms with Crippen molar-refractivity contribution in [2.24, 2.45) is 0 Å². The fourth-order valence-electron chi connectivity index (χ4n) is 3.80. The predicted molar refractivity (Wildman–Crippen MR) is 132 cm³/mol. The molecule has 5 rings (SSSR count). The van der Waals surface area contributed by atoms with E-state index in [4.69, 9.17) is 10.00 Å². The smallest absolute Gasteiger partial charge is 0.255 e. The van der Waals surface area contributed by atoms with Crippen LogP contribution in [0.2, 0.25) is 0 Å². The average Bonchev–Trinajstić information content (AvgIpc) is 3.47. The summed E-state index contributed by atoms with van der Waals surface area (Å²) < 4.78 is 22.9. The van der Waals surface area contributed by atoms with Crippen molar-refractivity contribution in [2.75, 3.05) is 25.1 Å². The molecule has 190 valence electrons. The first-order valence-corrected chi connectivity index (χ1v) is 11.6. The van der Waals surface area contributed by atoms with Gasteiger partial charge in [0.05, 0.1) is 83.2 Å². The van der Waals surface area contributed by atoms with E-state index in [1.807, 2.05) is 18.3 Å². The molecule has 5 heterocycles. The SMILES string of the molecule is CC(C)(O)C(F)CNC(=O)c1cnc(-c2ccc3cc(C#N)cnn23)cc1Nc1cnn(C2COC2)c1. The minimum absolute atomic E-state index is 0.158. The minimum Gasteiger partial charge on any atom is -0.387 e. The molecule has 1 atom stereocenters. The number of hydrogen-bond donors (Lipinski definition) is 3. The summed E-state index contributed by atoms with van der Waals surface area (Å²) in [5.74, 6) is -0.551. The molecule has 1 aliphatic rings. The van der Waals surface area contributed by atoms with E-state index in [2.05, 4.69) is 31.9 Å². The molecule has 1 unspecified atom stereocenters. The van der Waals surface area contributed by atoms with Crippen molar-refractivity contribution in [3.8, 4) is 17.5 Å². The van der Waals surface area contributed by atoms with Crippen molar-refractivity contribution in [3.63, 3.8) is 0 Å². The van der Waals surface area contributed by atoms with E-state index in [1.165, 1.54) is 26.2 Å². The van der Waals surface area contributed by atoms with E-state index in [9.17, 15) is 14.3 Å². The second kappa shape index (κ2) is 9.61. The summed E-state index contributed by atoms with van der Waals surface area (Å²) in [6, 6.07) is 9.28. The Morgan fingerprint density at radius 1 is 1.30 bits per heavy atom. The van der Waals surface area contributed by atoms with Crippen molar-refractivity contribution in [3.05, 3.63) is 60.2 Å². The highest BCUT2D eigenvalue weighted by molar-refractivity contribution is 6.00. The van der Waals surface area contributed by atoms with Gasteiger partial charge in [-0.3, -0.25) is 14.5 Å². The number of aliphatic hydroxyl groups is 1. The molecule has 1 aliphatic heterocycles. The summed E-state index contributed by atoms with van der Waals surface area (Å²) in [6.07, 6.45) is 4.67. The van der Waals surface area contributed by atoms with Gasteiger partial charge in [-0.15, -0.1) is 0 Å². The molecule has 0 aliphatic carbocycles. The lowest BCUT2D eigenvalue weighted by molar-refractivity contribution is -0.0286. The van der Waals surface area contributed by atoms with Crippen LogP contribution in [0.15, 0.2) is 49.1 Å². The number of amides is 1. The van der Waals surface area contributed by atoms with Crippen LogP contribution in [0.25, 0.3) is 16.9 Å². The fourth-order valence-corrected chi connectivity index (χ4v) is 3.80. The summed E-state index contributed by atoms with van der Waals surface area (Å²) in [7, 11) is 0. The third kappa shape index (κ3) is 5.00. The lowest BCUT2D eigenvalue weighted by atomic mass is 10.0. The topological polar surface area (TPSA) is 142 Å². The van der Waals surface area contributed by atoms with Crippen molar-refractivity contribution < 1.29 is 19.0 Å². The van der Waals surface area contributed by atoms with Crippen LogP contribution in [-0.2, 0) is 4.74 Å². The molecule has 1 fully saturated rings. The van der Waals surface area contributed by atoms with Crippen LogP contribution >= 0.6 is 0 Å². The highest BCUT2D eigenvalue weighted by atomic mass is 19.1. The number of carbonyl (C=O) groups is 1. The van der Waals surface area contributed by atoms with Crippen LogP contribution in [0.3, 0.4) is 0 Å². The number of pyridine rings is 1. The van der Waals surface area contributed by atoms with Gasteiger partial charge in [0, 0.05) is 12.4 Å². The maximum Gasteiger partial charge on any atom is 0.255 e. The molecule has 11 nitrogen and oxygen atoms in total. The number of alkyl halides is 1. The molecular weight excluding hydrogens is 479 g/mol. The molecule has 0 spiro atoms. The number of nitrogens with zero attached hydrogens (tertiary/aromatic N) is 6. The second-order valence-corrected chi connectivity index (χ2v) is 9.38. The van der Waals surface area contributed by atoms with E-state index >= 15 is 0 Å². The zero-order valence-electron chi connectivity index (χ0n) is 20.2. The molecule has 4 aromatic rings. The summed E-state index contributed by atoms with van der Waals surface area (Å²) in [6.45, 7) is 3.49. The van der Waals surface area contributed by atoms with Gasteiger partial charge in [-0.1, -0.05) is 0 Å². The molecular formula is C25H25FN8O3. The first-order chi connectivity index (χ1) is 17.7. The molecule has 0 saturated carbocycles. The monoisotopic (exact) mass is 504 g/mol. The lowest BCUT2D eigenvalue weighted by Gasteiger charge is -2.25. The third-order valence-electron chi connectivity index (χ3n) is 6.12. The molecule has 3 N–H and O–H groups in total. The molecule has 1 amide bonds. The largest absolute Gasteiger partial charge is 0.387 e. The molecule has 37 heavy (non-hydrogen) atoms. The number of ether oxygens (including phenoxy) is 1. The van der Waals surface area contributed by atoms with Crippen molar-refractivity contribution in [1.29, 1.82) is 5.26 Å². The third-order valence-corrected chi connectivity index (χ3v) is 6.12. The van der Waals surface area contributed by atoms with Gasteiger partial charge >= 0.3 is 0 Å². The Labute approximate surface area is 211 Å². The van der Waals surface area contributed by atoms with Crippen LogP contribution in [0.4, 0.5) is 15.8 Å². The maximum atomic E-state index is 14.3. The van der Waals surface area contributed by atoms with E-state index in [1.54, 1.807) is 27.5 Å². The number of aromatic nitrogens is 5. The number of carbonyl (C=O) groups excluding carboxylic acids is 1. The highest BCUT2D eigenvalue weighted by Gasteiger charge is 2.27. The zero-order chi connectivity index (χ0) is 26.2. The number of rotatable bonds is 8. The quantitative estimate of drug-likeness (QED) is 0.332. The van der Waals surface area contributed by atoms with E-state index in [-0.39, 0.29) is 18.2 Å². The van der Waals surface area contributed by atoms with Crippen LogP contribution in [0.1, 0.15) is 35.8 Å². The first kappa shape index (κ1) is 24.4. The number of nitriles is 1. The second-order valence-electron chi connectivity index (χ2n) is 9.38. The number of fused-ring (bicyclic) bond motifs is 1. The van der Waals surface area contributed by atoms with Crippen molar-refractivity contribution in [2.45, 2.75) is 31.7 Å². The maximum absolute atomic E-state index is 14.3. The van der Waals surface area contributed by atoms with Gasteiger partial charge in [-0.25, -0.2) is 8.91 Å². The minimum atomic E-state index is -1.65. The van der Waals surface area contributed by atoms with Crippen LogP contribution in [0.5, 0.6) is 0 Å². The number of nitrogens with one attached hydrogen (secondary N) is 2. The van der Waals surface area contributed by atoms with E-state index in [0.29, 0.717) is 41.5 Å². The van der Waals surface area contributed by atoms with Gasteiger partial charge in [0.2, 0.25) is 0 Å². The summed E-state index contributed by atoms with van der Waals surface area (Å²) in [4.78, 5) is 17.5. The Morgan fingerprint density at radius 3 is 2.81 bits per heavy atom. The average molecular weight is 505 g/mol. The predicted octanol–water partition coefficient (Wildman–Crippen LogP) is 2.62. The molecule has 0 bridgehead atoms.